The first kappa shape index (κ1) is 34.3. The summed E-state index contributed by atoms with van der Waals surface area (Å²) < 4.78 is 39.3. The van der Waals surface area contributed by atoms with Crippen LogP contribution in [0.1, 0.15) is 60.1 Å². The van der Waals surface area contributed by atoms with Crippen LogP contribution in [0.2, 0.25) is 0 Å². The maximum atomic E-state index is 14.4. The zero-order valence-corrected chi connectivity index (χ0v) is 27.1. The van der Waals surface area contributed by atoms with E-state index >= 15 is 0 Å². The number of benzene rings is 4. The van der Waals surface area contributed by atoms with Crippen LogP contribution < -0.4 is 10.1 Å². The quantitative estimate of drug-likeness (QED) is 0.192. The van der Waals surface area contributed by atoms with Crippen molar-refractivity contribution < 1.29 is 42.8 Å². The van der Waals surface area contributed by atoms with E-state index < -0.39 is 53.9 Å². The minimum Gasteiger partial charge on any atom is -0.461 e. The standard InChI is InChI=1S/C38H38FNO8/c1-23-33(46-35(43)25-12-7-5-8-13-25)34(47-36(44)26-14-9-6-10-15-26)37(48-38(23,3)4)45-29-18-19-30(32(42)22-40-24(2)41)31(21-29)27-16-11-17-28(39)20-27/h5-21,23,32-34,37,42H,22H2,1-4H3,(H,40,41)/t23-,32?,33-,34-,37-/m1/s1. The Hall–Kier alpha value is -5.06. The SMILES string of the molecule is CC(=O)NCC(O)c1ccc(O[C@@H]2OC(C)(C)[C@H](C)[C@@H](OC(=O)c3ccccc3)[C@H]2OC(=O)c2ccccc2)cc1-c1cccc(F)c1. The van der Waals surface area contributed by atoms with Crippen molar-refractivity contribution in [2.24, 2.45) is 5.92 Å². The van der Waals surface area contributed by atoms with E-state index in [1.807, 2.05) is 20.8 Å². The third-order valence-corrected chi connectivity index (χ3v) is 8.42. The number of rotatable bonds is 10. The van der Waals surface area contributed by atoms with Gasteiger partial charge in [0.1, 0.15) is 11.6 Å². The van der Waals surface area contributed by atoms with Crippen molar-refractivity contribution in [1.82, 2.24) is 5.32 Å². The Bertz CT molecular complexity index is 1750. The van der Waals surface area contributed by atoms with E-state index in [4.69, 9.17) is 18.9 Å². The molecule has 10 heteroatoms. The van der Waals surface area contributed by atoms with Gasteiger partial charge in [-0.05, 0) is 79.1 Å². The zero-order chi connectivity index (χ0) is 34.4. The summed E-state index contributed by atoms with van der Waals surface area (Å²) >= 11 is 0. The number of amides is 1. The molecule has 2 N–H and O–H groups in total. The smallest absolute Gasteiger partial charge is 0.338 e. The highest BCUT2D eigenvalue weighted by Crippen LogP contribution is 2.40. The molecule has 0 bridgehead atoms. The molecular weight excluding hydrogens is 617 g/mol. The number of carbonyl (C=O) groups is 3. The number of nitrogens with one attached hydrogen (secondary N) is 1. The number of carbonyl (C=O) groups excluding carboxylic acids is 3. The maximum Gasteiger partial charge on any atom is 0.338 e. The van der Waals surface area contributed by atoms with E-state index in [1.54, 1.807) is 91.0 Å². The van der Waals surface area contributed by atoms with Crippen LogP contribution in [0.3, 0.4) is 0 Å². The minimum absolute atomic E-state index is 0.0678. The number of esters is 2. The van der Waals surface area contributed by atoms with E-state index in [9.17, 15) is 23.9 Å². The predicted molar refractivity (Wildman–Crippen MR) is 176 cm³/mol. The van der Waals surface area contributed by atoms with Crippen LogP contribution in [-0.2, 0) is 19.0 Å². The fourth-order valence-electron chi connectivity index (χ4n) is 5.51. The van der Waals surface area contributed by atoms with Crippen LogP contribution in [0.5, 0.6) is 5.75 Å². The lowest BCUT2D eigenvalue weighted by molar-refractivity contribution is -0.283. The van der Waals surface area contributed by atoms with Gasteiger partial charge in [0.2, 0.25) is 18.3 Å². The Labute approximate surface area is 278 Å². The molecule has 1 heterocycles. The molecule has 250 valence electrons. The number of aliphatic hydroxyl groups is 1. The average Bonchev–Trinajstić information content (AvgIpc) is 3.08. The molecule has 48 heavy (non-hydrogen) atoms. The second kappa shape index (κ2) is 14.8. The molecule has 1 aliphatic heterocycles. The van der Waals surface area contributed by atoms with Crippen LogP contribution in [0.25, 0.3) is 11.1 Å². The highest BCUT2D eigenvalue weighted by Gasteiger charge is 2.53. The molecule has 0 radical (unpaired) electrons. The van der Waals surface area contributed by atoms with E-state index in [-0.39, 0.29) is 23.8 Å². The summed E-state index contributed by atoms with van der Waals surface area (Å²) in [6.45, 7) is 6.77. The van der Waals surface area contributed by atoms with Gasteiger partial charge < -0.3 is 29.4 Å². The van der Waals surface area contributed by atoms with Crippen molar-refractivity contribution in [2.45, 2.75) is 57.9 Å². The molecule has 1 amide bonds. The summed E-state index contributed by atoms with van der Waals surface area (Å²) in [5.41, 5.74) is 1.01. The van der Waals surface area contributed by atoms with Crippen LogP contribution in [-0.4, -0.2) is 53.6 Å². The monoisotopic (exact) mass is 655 g/mol. The minimum atomic E-state index is -1.26. The van der Waals surface area contributed by atoms with E-state index in [2.05, 4.69) is 5.32 Å². The Morgan fingerprint density at radius 2 is 1.46 bits per heavy atom. The molecule has 5 atom stereocenters. The molecule has 0 aromatic heterocycles. The van der Waals surface area contributed by atoms with Crippen LogP contribution in [0.4, 0.5) is 4.39 Å². The summed E-state index contributed by atoms with van der Waals surface area (Å²) in [4.78, 5) is 38.3. The summed E-state index contributed by atoms with van der Waals surface area (Å²) in [6, 6.07) is 27.5. The first-order valence-electron chi connectivity index (χ1n) is 15.6. The highest BCUT2D eigenvalue weighted by molar-refractivity contribution is 5.90. The first-order valence-corrected chi connectivity index (χ1v) is 15.6. The highest BCUT2D eigenvalue weighted by atomic mass is 19.1. The maximum absolute atomic E-state index is 14.4. The lowest BCUT2D eigenvalue weighted by atomic mass is 9.82. The summed E-state index contributed by atoms with van der Waals surface area (Å²) in [5.74, 6) is -2.27. The Kier molecular flexibility index (Phi) is 10.6. The van der Waals surface area contributed by atoms with Gasteiger partial charge in [0.15, 0.2) is 6.10 Å². The van der Waals surface area contributed by atoms with Gasteiger partial charge in [-0.1, -0.05) is 61.5 Å². The van der Waals surface area contributed by atoms with Crippen molar-refractivity contribution in [3.05, 3.63) is 126 Å². The number of aliphatic hydroxyl groups excluding tert-OH is 1. The molecule has 9 nitrogen and oxygen atoms in total. The number of hydrogen-bond donors (Lipinski definition) is 2. The molecule has 0 aliphatic carbocycles. The lowest BCUT2D eigenvalue weighted by Gasteiger charge is -2.48. The Morgan fingerprint density at radius 3 is 2.04 bits per heavy atom. The van der Waals surface area contributed by atoms with Gasteiger partial charge in [0.25, 0.3) is 0 Å². The fourth-order valence-corrected chi connectivity index (χ4v) is 5.51. The topological polar surface area (TPSA) is 120 Å². The summed E-state index contributed by atoms with van der Waals surface area (Å²) in [7, 11) is 0. The molecule has 1 fully saturated rings. The summed E-state index contributed by atoms with van der Waals surface area (Å²) in [5, 5.41) is 13.6. The molecule has 1 aliphatic rings. The van der Waals surface area contributed by atoms with Crippen molar-refractivity contribution in [1.29, 1.82) is 0 Å². The van der Waals surface area contributed by atoms with Gasteiger partial charge in [0, 0.05) is 19.4 Å². The Morgan fingerprint density at radius 1 is 0.854 bits per heavy atom. The predicted octanol–water partition coefficient (Wildman–Crippen LogP) is 6.26. The molecule has 1 unspecified atom stereocenters. The molecule has 5 rings (SSSR count). The van der Waals surface area contributed by atoms with Gasteiger partial charge in [-0.3, -0.25) is 4.79 Å². The molecule has 0 spiro atoms. The van der Waals surface area contributed by atoms with E-state index in [0.717, 1.165) is 0 Å². The second-order valence-electron chi connectivity index (χ2n) is 12.2. The summed E-state index contributed by atoms with van der Waals surface area (Å²) in [6.07, 6.45) is -4.57. The largest absolute Gasteiger partial charge is 0.461 e. The van der Waals surface area contributed by atoms with Crippen LogP contribution >= 0.6 is 0 Å². The zero-order valence-electron chi connectivity index (χ0n) is 27.1. The van der Waals surface area contributed by atoms with Crippen LogP contribution in [0.15, 0.2) is 103 Å². The molecule has 4 aromatic rings. The van der Waals surface area contributed by atoms with Gasteiger partial charge in [0.05, 0.1) is 22.8 Å². The first-order chi connectivity index (χ1) is 22.9. The van der Waals surface area contributed by atoms with Gasteiger partial charge in [-0.15, -0.1) is 0 Å². The van der Waals surface area contributed by atoms with E-state index in [1.165, 1.54) is 19.1 Å². The second-order valence-corrected chi connectivity index (χ2v) is 12.2. The van der Waals surface area contributed by atoms with Crippen molar-refractivity contribution in [2.75, 3.05) is 6.54 Å². The number of halogens is 1. The lowest BCUT2D eigenvalue weighted by Crippen LogP contribution is -2.62. The average molecular weight is 656 g/mol. The number of hydrogen-bond acceptors (Lipinski definition) is 8. The van der Waals surface area contributed by atoms with Gasteiger partial charge >= 0.3 is 11.9 Å². The Balaban J connectivity index is 1.53. The molecule has 1 saturated heterocycles. The third-order valence-electron chi connectivity index (χ3n) is 8.42. The fraction of sp³-hybridized carbons (Fsp3) is 0.289. The van der Waals surface area contributed by atoms with Crippen molar-refractivity contribution in [3.8, 4) is 16.9 Å². The van der Waals surface area contributed by atoms with Crippen LogP contribution in [0, 0.1) is 11.7 Å². The number of ether oxygens (including phenoxy) is 4. The molecule has 4 aromatic carbocycles. The van der Waals surface area contributed by atoms with Crippen molar-refractivity contribution in [3.63, 3.8) is 0 Å². The van der Waals surface area contributed by atoms with Gasteiger partial charge in [-0.2, -0.15) is 0 Å². The van der Waals surface area contributed by atoms with E-state index in [0.29, 0.717) is 22.3 Å². The molecular formula is C38H38FNO8. The molecule has 0 saturated carbocycles. The third kappa shape index (κ3) is 8.07. The normalized spacial score (nSPS) is 20.6. The van der Waals surface area contributed by atoms with Crippen molar-refractivity contribution >= 4 is 17.8 Å². The van der Waals surface area contributed by atoms with Gasteiger partial charge in [-0.25, -0.2) is 14.0 Å².